The van der Waals surface area contributed by atoms with Gasteiger partial charge in [-0.05, 0) is 36.5 Å². The maximum absolute atomic E-state index is 12.9. The minimum atomic E-state index is -0.313. The van der Waals surface area contributed by atoms with Gasteiger partial charge in [-0.25, -0.2) is 9.07 Å². The lowest BCUT2D eigenvalue weighted by molar-refractivity contribution is 0.437. The van der Waals surface area contributed by atoms with Crippen LogP contribution in [-0.4, -0.2) is 22.9 Å². The van der Waals surface area contributed by atoms with Gasteiger partial charge >= 0.3 is 0 Å². The SMILES string of the molecule is CC1CCN(c2cnn(Cc3ccc(F)cc3)c(=O)c2Cl)CC1. The number of halogens is 2. The van der Waals surface area contributed by atoms with Gasteiger partial charge in [0.15, 0.2) is 0 Å². The molecule has 3 rings (SSSR count). The lowest BCUT2D eigenvalue weighted by atomic mass is 9.99. The van der Waals surface area contributed by atoms with Gasteiger partial charge in [-0.2, -0.15) is 5.10 Å². The molecule has 0 spiro atoms. The summed E-state index contributed by atoms with van der Waals surface area (Å²) >= 11 is 6.28. The molecule has 1 aliphatic heterocycles. The number of hydrogen-bond acceptors (Lipinski definition) is 3. The fourth-order valence-electron chi connectivity index (χ4n) is 2.80. The lowest BCUT2D eigenvalue weighted by Gasteiger charge is -2.32. The summed E-state index contributed by atoms with van der Waals surface area (Å²) in [6.45, 7) is 4.29. The van der Waals surface area contributed by atoms with E-state index >= 15 is 0 Å². The lowest BCUT2D eigenvalue weighted by Crippen LogP contribution is -2.35. The molecular weight excluding hydrogens is 317 g/mol. The molecule has 0 bridgehead atoms. The Balaban J connectivity index is 1.83. The topological polar surface area (TPSA) is 38.1 Å². The van der Waals surface area contributed by atoms with Crippen LogP contribution < -0.4 is 10.5 Å². The van der Waals surface area contributed by atoms with Crippen LogP contribution in [0.3, 0.4) is 0 Å². The molecule has 0 aliphatic carbocycles. The summed E-state index contributed by atoms with van der Waals surface area (Å²) in [5.74, 6) is 0.401. The average Bonchev–Trinajstić information content (AvgIpc) is 2.55. The second-order valence-corrected chi connectivity index (χ2v) is 6.48. The predicted molar refractivity (Wildman–Crippen MR) is 89.6 cm³/mol. The summed E-state index contributed by atoms with van der Waals surface area (Å²) in [6, 6.07) is 6.01. The molecule has 23 heavy (non-hydrogen) atoms. The number of rotatable bonds is 3. The summed E-state index contributed by atoms with van der Waals surface area (Å²) in [4.78, 5) is 14.6. The van der Waals surface area contributed by atoms with Gasteiger partial charge < -0.3 is 4.90 Å². The van der Waals surface area contributed by atoms with Crippen molar-refractivity contribution in [3.05, 3.63) is 57.2 Å². The standard InChI is InChI=1S/C17H19ClFN3O/c1-12-6-8-21(9-7-12)15-10-20-22(17(23)16(15)18)11-13-2-4-14(19)5-3-13/h2-5,10,12H,6-9,11H2,1H3. The maximum Gasteiger partial charge on any atom is 0.287 e. The smallest absolute Gasteiger partial charge is 0.287 e. The molecule has 0 N–H and O–H groups in total. The van der Waals surface area contributed by atoms with Crippen LogP contribution in [0.15, 0.2) is 35.3 Å². The van der Waals surface area contributed by atoms with E-state index in [-0.39, 0.29) is 22.9 Å². The van der Waals surface area contributed by atoms with Gasteiger partial charge in [-0.1, -0.05) is 30.7 Å². The Morgan fingerprint density at radius 2 is 1.91 bits per heavy atom. The summed E-state index contributed by atoms with van der Waals surface area (Å²) in [6.07, 6.45) is 3.84. The number of anilines is 1. The molecule has 1 saturated heterocycles. The van der Waals surface area contributed by atoms with Crippen molar-refractivity contribution in [1.82, 2.24) is 9.78 Å². The molecule has 1 aliphatic rings. The van der Waals surface area contributed by atoms with Crippen molar-refractivity contribution in [3.8, 4) is 0 Å². The zero-order valence-corrected chi connectivity index (χ0v) is 13.8. The predicted octanol–water partition coefficient (Wildman–Crippen LogP) is 3.32. The molecule has 1 aromatic carbocycles. The molecule has 0 saturated carbocycles. The maximum atomic E-state index is 12.9. The quantitative estimate of drug-likeness (QED) is 0.863. The molecule has 6 heteroatoms. The van der Waals surface area contributed by atoms with Gasteiger partial charge in [-0.15, -0.1) is 0 Å². The van der Waals surface area contributed by atoms with E-state index < -0.39 is 0 Å². The number of hydrogen-bond donors (Lipinski definition) is 0. The Morgan fingerprint density at radius 3 is 2.57 bits per heavy atom. The highest BCUT2D eigenvalue weighted by atomic mass is 35.5. The Labute approximate surface area is 139 Å². The van der Waals surface area contributed by atoms with E-state index in [9.17, 15) is 9.18 Å². The Bertz CT molecular complexity index is 736. The van der Waals surface area contributed by atoms with E-state index in [1.165, 1.54) is 16.8 Å². The molecule has 0 amide bonds. The zero-order valence-electron chi connectivity index (χ0n) is 13.0. The first kappa shape index (κ1) is 16.0. The first-order valence-corrected chi connectivity index (χ1v) is 8.17. The molecule has 0 atom stereocenters. The van der Waals surface area contributed by atoms with Crippen LogP contribution in [-0.2, 0) is 6.54 Å². The van der Waals surface area contributed by atoms with Crippen molar-refractivity contribution in [2.45, 2.75) is 26.3 Å². The minimum Gasteiger partial charge on any atom is -0.369 e. The molecule has 1 fully saturated rings. The van der Waals surface area contributed by atoms with Gasteiger partial charge in [0.25, 0.3) is 5.56 Å². The van der Waals surface area contributed by atoms with Crippen molar-refractivity contribution in [1.29, 1.82) is 0 Å². The minimum absolute atomic E-state index is 0.205. The van der Waals surface area contributed by atoms with E-state index in [0.29, 0.717) is 11.6 Å². The largest absolute Gasteiger partial charge is 0.369 e. The van der Waals surface area contributed by atoms with Crippen molar-refractivity contribution >= 4 is 17.3 Å². The highest BCUT2D eigenvalue weighted by Crippen LogP contribution is 2.26. The molecular formula is C17H19ClFN3O. The normalized spacial score (nSPS) is 15.9. The molecule has 122 valence electrons. The molecule has 1 aromatic heterocycles. The Hall–Kier alpha value is -1.88. The second-order valence-electron chi connectivity index (χ2n) is 6.10. The summed E-state index contributed by atoms with van der Waals surface area (Å²) < 4.78 is 14.3. The second kappa shape index (κ2) is 6.71. The number of benzene rings is 1. The third-order valence-electron chi connectivity index (χ3n) is 4.34. The van der Waals surface area contributed by atoms with Crippen LogP contribution in [0.1, 0.15) is 25.3 Å². The summed E-state index contributed by atoms with van der Waals surface area (Å²) in [5, 5.41) is 4.44. The first-order valence-electron chi connectivity index (χ1n) is 7.79. The van der Waals surface area contributed by atoms with Gasteiger partial charge in [0.05, 0.1) is 18.4 Å². The van der Waals surface area contributed by atoms with Gasteiger partial charge in [0.2, 0.25) is 0 Å². The van der Waals surface area contributed by atoms with Crippen molar-refractivity contribution in [2.75, 3.05) is 18.0 Å². The summed E-state index contributed by atoms with van der Waals surface area (Å²) in [7, 11) is 0. The third kappa shape index (κ3) is 3.55. The van der Waals surface area contributed by atoms with E-state index in [4.69, 9.17) is 11.6 Å². The van der Waals surface area contributed by atoms with Crippen LogP contribution in [0.5, 0.6) is 0 Å². The number of aromatic nitrogens is 2. The van der Waals surface area contributed by atoms with Crippen molar-refractivity contribution in [2.24, 2.45) is 5.92 Å². The Kier molecular flexibility index (Phi) is 4.66. The van der Waals surface area contributed by atoms with E-state index in [0.717, 1.165) is 31.5 Å². The van der Waals surface area contributed by atoms with Crippen LogP contribution >= 0.6 is 11.6 Å². The van der Waals surface area contributed by atoms with E-state index in [2.05, 4.69) is 16.9 Å². The fraction of sp³-hybridized carbons (Fsp3) is 0.412. The molecule has 0 radical (unpaired) electrons. The molecule has 2 aromatic rings. The van der Waals surface area contributed by atoms with Crippen molar-refractivity contribution in [3.63, 3.8) is 0 Å². The van der Waals surface area contributed by atoms with Crippen LogP contribution in [0.25, 0.3) is 0 Å². The highest BCUT2D eigenvalue weighted by molar-refractivity contribution is 6.33. The Morgan fingerprint density at radius 1 is 1.26 bits per heavy atom. The van der Waals surface area contributed by atoms with Gasteiger partial charge in [0.1, 0.15) is 10.8 Å². The van der Waals surface area contributed by atoms with E-state index in [1.54, 1.807) is 18.3 Å². The average molecular weight is 336 g/mol. The van der Waals surface area contributed by atoms with Crippen LogP contribution in [0.2, 0.25) is 5.02 Å². The fourth-order valence-corrected chi connectivity index (χ4v) is 3.07. The number of piperidine rings is 1. The number of nitrogens with zero attached hydrogens (tertiary/aromatic N) is 3. The zero-order chi connectivity index (χ0) is 16.4. The van der Waals surface area contributed by atoms with Gasteiger partial charge in [-0.3, -0.25) is 4.79 Å². The molecule has 2 heterocycles. The van der Waals surface area contributed by atoms with Crippen LogP contribution in [0, 0.1) is 11.7 Å². The third-order valence-corrected chi connectivity index (χ3v) is 4.69. The molecule has 0 unspecified atom stereocenters. The molecule has 4 nitrogen and oxygen atoms in total. The van der Waals surface area contributed by atoms with Gasteiger partial charge in [0, 0.05) is 13.1 Å². The van der Waals surface area contributed by atoms with Crippen LogP contribution in [0.4, 0.5) is 10.1 Å². The summed E-state index contributed by atoms with van der Waals surface area (Å²) in [5.41, 5.74) is 1.20. The first-order chi connectivity index (χ1) is 11.0. The van der Waals surface area contributed by atoms with Crippen molar-refractivity contribution < 1.29 is 4.39 Å². The van der Waals surface area contributed by atoms with E-state index in [1.807, 2.05) is 0 Å². The highest BCUT2D eigenvalue weighted by Gasteiger charge is 2.20. The monoisotopic (exact) mass is 335 g/mol.